The average Bonchev–Trinajstić information content (AvgIpc) is 2.37. The number of nitrogens with one attached hydrogen (secondary N) is 2. The molecule has 4 N–H and O–H groups in total. The predicted molar refractivity (Wildman–Crippen MR) is 80.4 cm³/mol. The molecule has 1 aromatic rings. The summed E-state index contributed by atoms with van der Waals surface area (Å²) in [7, 11) is 1.55. The highest BCUT2D eigenvalue weighted by Gasteiger charge is 2.16. The largest absolute Gasteiger partial charge is 0.399 e. The Labute approximate surface area is 126 Å². The minimum atomic E-state index is -0.639. The summed E-state index contributed by atoms with van der Waals surface area (Å²) in [5.41, 5.74) is 6.54. The van der Waals surface area contributed by atoms with Crippen LogP contribution in [0.25, 0.3) is 0 Å². The van der Waals surface area contributed by atoms with E-state index >= 15 is 0 Å². The van der Waals surface area contributed by atoms with Gasteiger partial charge in [0, 0.05) is 29.4 Å². The number of ether oxygens (including phenoxy) is 1. The molecule has 0 aromatic heterocycles. The number of benzene rings is 1. The number of rotatable bonds is 6. The van der Waals surface area contributed by atoms with E-state index in [0.29, 0.717) is 28.9 Å². The molecule has 6 nitrogen and oxygen atoms in total. The van der Waals surface area contributed by atoms with E-state index < -0.39 is 6.04 Å². The molecule has 1 rings (SSSR count). The molecule has 0 bridgehead atoms. The van der Waals surface area contributed by atoms with Crippen molar-refractivity contribution in [3.05, 3.63) is 28.2 Å². The number of nitrogens with two attached hydrogens (primary N) is 1. The Morgan fingerprint density at radius 3 is 2.70 bits per heavy atom. The van der Waals surface area contributed by atoms with E-state index in [9.17, 15) is 9.59 Å². The van der Waals surface area contributed by atoms with Crippen LogP contribution in [0.3, 0.4) is 0 Å². The fraction of sp³-hybridized carbons (Fsp3) is 0.385. The Hall–Kier alpha value is -1.60. The number of carbonyl (C=O) groups is 2. The maximum absolute atomic E-state index is 12.0. The number of hydrogen-bond donors (Lipinski definition) is 3. The van der Waals surface area contributed by atoms with Crippen LogP contribution in [0.5, 0.6) is 0 Å². The Balaban J connectivity index is 2.58. The third kappa shape index (κ3) is 5.18. The average molecular weight is 344 g/mol. The van der Waals surface area contributed by atoms with Crippen LogP contribution in [-0.4, -0.2) is 38.1 Å². The van der Waals surface area contributed by atoms with Gasteiger partial charge in [0.1, 0.15) is 6.04 Å². The molecule has 0 fully saturated rings. The van der Waals surface area contributed by atoms with Crippen molar-refractivity contribution < 1.29 is 14.3 Å². The number of nitrogen functional groups attached to an aromatic ring is 1. The summed E-state index contributed by atoms with van der Waals surface area (Å²) in [5.74, 6) is -0.620. The van der Waals surface area contributed by atoms with Crippen LogP contribution in [0, 0.1) is 0 Å². The molecule has 0 aliphatic rings. The molecule has 2 amide bonds. The molecular formula is C13H18BrN3O3. The van der Waals surface area contributed by atoms with Gasteiger partial charge in [-0.05, 0) is 25.1 Å². The van der Waals surface area contributed by atoms with Crippen LogP contribution in [0.2, 0.25) is 0 Å². The second-order valence-corrected chi connectivity index (χ2v) is 5.17. The van der Waals surface area contributed by atoms with Gasteiger partial charge in [-0.25, -0.2) is 0 Å². The third-order valence-electron chi connectivity index (χ3n) is 2.53. The highest BCUT2D eigenvalue weighted by Crippen LogP contribution is 2.17. The smallest absolute Gasteiger partial charge is 0.252 e. The summed E-state index contributed by atoms with van der Waals surface area (Å²) in [6.07, 6.45) is 0. The van der Waals surface area contributed by atoms with Gasteiger partial charge < -0.3 is 21.1 Å². The zero-order valence-corrected chi connectivity index (χ0v) is 13.0. The molecule has 7 heteroatoms. The van der Waals surface area contributed by atoms with E-state index in [-0.39, 0.29) is 11.8 Å². The molecule has 0 saturated carbocycles. The van der Waals surface area contributed by atoms with Gasteiger partial charge in [0.05, 0.1) is 6.61 Å². The van der Waals surface area contributed by atoms with E-state index in [1.807, 2.05) is 0 Å². The summed E-state index contributed by atoms with van der Waals surface area (Å²) in [6, 6.07) is 4.24. The van der Waals surface area contributed by atoms with E-state index in [0.717, 1.165) is 0 Å². The summed E-state index contributed by atoms with van der Waals surface area (Å²) < 4.78 is 5.54. The molecule has 1 unspecified atom stereocenters. The van der Waals surface area contributed by atoms with Gasteiger partial charge >= 0.3 is 0 Å². The van der Waals surface area contributed by atoms with Gasteiger partial charge in [0.15, 0.2) is 0 Å². The number of anilines is 1. The van der Waals surface area contributed by atoms with Gasteiger partial charge in [0.25, 0.3) is 5.91 Å². The second-order valence-electron chi connectivity index (χ2n) is 4.25. The van der Waals surface area contributed by atoms with Crippen molar-refractivity contribution in [1.29, 1.82) is 0 Å². The van der Waals surface area contributed by atoms with Crippen LogP contribution >= 0.6 is 15.9 Å². The van der Waals surface area contributed by atoms with E-state index in [1.54, 1.807) is 32.2 Å². The molecule has 0 saturated heterocycles. The van der Waals surface area contributed by atoms with Crippen molar-refractivity contribution in [1.82, 2.24) is 10.6 Å². The molecule has 0 radical (unpaired) electrons. The highest BCUT2D eigenvalue weighted by atomic mass is 79.9. The first kappa shape index (κ1) is 16.5. The quantitative estimate of drug-likeness (QED) is 0.528. The Morgan fingerprint density at radius 1 is 1.40 bits per heavy atom. The third-order valence-corrected chi connectivity index (χ3v) is 2.99. The number of amides is 2. The fourth-order valence-electron chi connectivity index (χ4n) is 1.52. The lowest BCUT2D eigenvalue weighted by Gasteiger charge is -2.14. The molecule has 1 atom stereocenters. The molecular weight excluding hydrogens is 326 g/mol. The summed E-state index contributed by atoms with van der Waals surface area (Å²) in [4.78, 5) is 23.7. The number of methoxy groups -OCH3 is 1. The zero-order valence-electron chi connectivity index (χ0n) is 11.4. The van der Waals surface area contributed by atoms with E-state index in [4.69, 9.17) is 10.5 Å². The number of hydrogen-bond acceptors (Lipinski definition) is 4. The standard InChI is InChI=1S/C13H18BrN3O3/c1-8(12(18)16-3-4-20-2)17-13(19)9-5-10(14)7-11(15)6-9/h5-8H,3-4,15H2,1-2H3,(H,16,18)(H,17,19). The molecule has 0 aliphatic carbocycles. The minimum Gasteiger partial charge on any atom is -0.399 e. The maximum atomic E-state index is 12.0. The van der Waals surface area contributed by atoms with E-state index in [1.165, 1.54) is 0 Å². The minimum absolute atomic E-state index is 0.265. The maximum Gasteiger partial charge on any atom is 0.252 e. The second kappa shape index (κ2) is 7.86. The number of halogens is 1. The van der Waals surface area contributed by atoms with Gasteiger partial charge in [-0.2, -0.15) is 0 Å². The van der Waals surface area contributed by atoms with Crippen LogP contribution in [0.4, 0.5) is 5.69 Å². The number of carbonyl (C=O) groups excluding carboxylic acids is 2. The lowest BCUT2D eigenvalue weighted by Crippen LogP contribution is -2.45. The molecule has 1 aromatic carbocycles. The first-order valence-electron chi connectivity index (χ1n) is 6.07. The highest BCUT2D eigenvalue weighted by molar-refractivity contribution is 9.10. The van der Waals surface area contributed by atoms with Crippen molar-refractivity contribution in [2.45, 2.75) is 13.0 Å². The summed E-state index contributed by atoms with van der Waals surface area (Å²) in [6.45, 7) is 2.44. The Morgan fingerprint density at radius 2 is 2.10 bits per heavy atom. The van der Waals surface area contributed by atoms with E-state index in [2.05, 4.69) is 26.6 Å². The van der Waals surface area contributed by atoms with Crippen LogP contribution in [0.1, 0.15) is 17.3 Å². The first-order valence-corrected chi connectivity index (χ1v) is 6.87. The van der Waals surface area contributed by atoms with Crippen molar-refractivity contribution in [2.24, 2.45) is 0 Å². The van der Waals surface area contributed by atoms with Crippen molar-refractivity contribution >= 4 is 33.4 Å². The van der Waals surface area contributed by atoms with Crippen LogP contribution < -0.4 is 16.4 Å². The lowest BCUT2D eigenvalue weighted by atomic mass is 10.1. The molecule has 20 heavy (non-hydrogen) atoms. The van der Waals surface area contributed by atoms with Crippen LogP contribution in [0.15, 0.2) is 22.7 Å². The van der Waals surface area contributed by atoms with Crippen LogP contribution in [-0.2, 0) is 9.53 Å². The lowest BCUT2D eigenvalue weighted by molar-refractivity contribution is -0.122. The first-order chi connectivity index (χ1) is 9.43. The summed E-state index contributed by atoms with van der Waals surface area (Å²) in [5, 5.41) is 5.26. The predicted octanol–water partition coefficient (Wildman–Crippen LogP) is 0.912. The molecule has 0 spiro atoms. The molecule has 0 aliphatic heterocycles. The Bertz CT molecular complexity index is 473. The SMILES string of the molecule is COCCNC(=O)C(C)NC(=O)c1cc(N)cc(Br)c1. The van der Waals surface area contributed by atoms with Gasteiger partial charge in [0.2, 0.25) is 5.91 Å². The van der Waals surface area contributed by atoms with Crippen molar-refractivity contribution in [3.63, 3.8) is 0 Å². The molecule has 110 valence electrons. The zero-order chi connectivity index (χ0) is 15.1. The fourth-order valence-corrected chi connectivity index (χ4v) is 2.03. The Kier molecular flexibility index (Phi) is 6.47. The van der Waals surface area contributed by atoms with Gasteiger partial charge in [-0.15, -0.1) is 0 Å². The van der Waals surface area contributed by atoms with Gasteiger partial charge in [-0.3, -0.25) is 9.59 Å². The summed E-state index contributed by atoms with van der Waals surface area (Å²) >= 11 is 3.27. The van der Waals surface area contributed by atoms with Crippen molar-refractivity contribution in [3.8, 4) is 0 Å². The molecule has 0 heterocycles. The monoisotopic (exact) mass is 343 g/mol. The van der Waals surface area contributed by atoms with Crippen molar-refractivity contribution in [2.75, 3.05) is 26.0 Å². The van der Waals surface area contributed by atoms with Gasteiger partial charge in [-0.1, -0.05) is 15.9 Å². The normalized spacial score (nSPS) is 11.8. The topological polar surface area (TPSA) is 93.5 Å².